The minimum absolute atomic E-state index is 0.00226. The van der Waals surface area contributed by atoms with E-state index < -0.39 is 6.10 Å². The molecule has 7 heteroatoms. The van der Waals surface area contributed by atoms with Crippen molar-refractivity contribution in [2.75, 3.05) is 0 Å². The van der Waals surface area contributed by atoms with Crippen molar-refractivity contribution in [3.05, 3.63) is 48.0 Å². The van der Waals surface area contributed by atoms with Crippen LogP contribution in [-0.2, 0) is 20.7 Å². The van der Waals surface area contributed by atoms with Crippen LogP contribution in [0.15, 0.2) is 42.5 Å². The third-order valence-electron chi connectivity index (χ3n) is 5.06. The normalized spacial score (nSPS) is 30.4. The standard InChI is InChI=1S/C18H23BO4P2/c20-13(7-6-12-4-2-1-3-5-12)8-9-14-15-10-18(21)23-16(15)11-17(14)24-25-19-22/h1-5,8-9,13-17,20,24-25H,6-7,10-11H2/b9-8+/t13-,14+,15+,16-,17+/m0/s1. The molecule has 0 aromatic heterocycles. The predicted molar refractivity (Wildman–Crippen MR) is 103 cm³/mol. The topological polar surface area (TPSA) is 63.6 Å². The molecule has 2 aliphatic rings. The van der Waals surface area contributed by atoms with Gasteiger partial charge in [0.05, 0.1) is 0 Å². The fourth-order valence-corrected chi connectivity index (χ4v) is 6.79. The maximum atomic E-state index is 11.6. The van der Waals surface area contributed by atoms with E-state index in [0.717, 1.165) is 19.7 Å². The van der Waals surface area contributed by atoms with E-state index in [1.165, 1.54) is 5.56 Å². The Hall–Kier alpha value is -0.885. The Morgan fingerprint density at radius 1 is 1.36 bits per heavy atom. The van der Waals surface area contributed by atoms with Gasteiger partial charge in [0.25, 0.3) is 0 Å². The maximum absolute atomic E-state index is 11.6. The fourth-order valence-electron chi connectivity index (χ4n) is 3.83. The first kappa shape index (κ1) is 18.9. The molecule has 0 bridgehead atoms. The van der Waals surface area contributed by atoms with Gasteiger partial charge in [-0.2, -0.15) is 0 Å². The zero-order valence-corrected chi connectivity index (χ0v) is 16.0. The average Bonchev–Trinajstić information content (AvgIpc) is 3.13. The predicted octanol–water partition coefficient (Wildman–Crippen LogP) is 3.09. The van der Waals surface area contributed by atoms with Gasteiger partial charge in [0.1, 0.15) is 0 Å². The fraction of sp³-hybridized carbons (Fsp3) is 0.500. The van der Waals surface area contributed by atoms with Gasteiger partial charge < -0.3 is 0 Å². The van der Waals surface area contributed by atoms with Crippen molar-refractivity contribution in [1.29, 1.82) is 0 Å². The summed E-state index contributed by atoms with van der Waals surface area (Å²) in [6.07, 6.45) is 6.29. The summed E-state index contributed by atoms with van der Waals surface area (Å²) >= 11 is 0. The molecule has 3 rings (SSSR count). The molecule has 0 spiro atoms. The molecule has 1 aliphatic heterocycles. The molecular weight excluding hydrogens is 353 g/mol. The molecule has 4 nitrogen and oxygen atoms in total. The summed E-state index contributed by atoms with van der Waals surface area (Å²) < 4.78 is 16.2. The number of aliphatic hydroxyl groups is 1. The van der Waals surface area contributed by atoms with Crippen LogP contribution in [0.25, 0.3) is 0 Å². The molecule has 0 radical (unpaired) electrons. The number of fused-ring (bicyclic) bond motifs is 1. The average molecular weight is 376 g/mol. The van der Waals surface area contributed by atoms with E-state index in [4.69, 9.17) is 4.74 Å². The molecule has 132 valence electrons. The zero-order chi connectivity index (χ0) is 17.6. The molecule has 25 heavy (non-hydrogen) atoms. The second-order valence-corrected chi connectivity index (χ2v) is 9.99. The molecule has 2 fully saturated rings. The number of hydrogen-bond donors (Lipinski definition) is 1. The molecule has 1 aliphatic carbocycles. The van der Waals surface area contributed by atoms with Gasteiger partial charge in [0, 0.05) is 0 Å². The first-order valence-electron chi connectivity index (χ1n) is 8.72. The van der Waals surface area contributed by atoms with E-state index in [0.29, 0.717) is 34.9 Å². The van der Waals surface area contributed by atoms with Crippen LogP contribution in [-0.4, -0.2) is 35.8 Å². The molecule has 1 aromatic rings. The Kier molecular flexibility index (Phi) is 6.93. The van der Waals surface area contributed by atoms with Crippen molar-refractivity contribution >= 4 is 29.3 Å². The van der Waals surface area contributed by atoms with Gasteiger partial charge in [-0.15, -0.1) is 0 Å². The quantitative estimate of drug-likeness (QED) is 0.328. The molecule has 1 N–H and O–H groups in total. The Balaban J connectivity index is 1.58. The van der Waals surface area contributed by atoms with Crippen molar-refractivity contribution in [2.45, 2.75) is 43.6 Å². The number of carbonyl (C=O) groups is 1. The number of hydrogen-bond acceptors (Lipinski definition) is 4. The van der Waals surface area contributed by atoms with E-state index >= 15 is 0 Å². The Morgan fingerprint density at radius 3 is 2.92 bits per heavy atom. The number of esters is 1. The van der Waals surface area contributed by atoms with Gasteiger partial charge in [-0.1, -0.05) is 6.07 Å². The summed E-state index contributed by atoms with van der Waals surface area (Å²) in [6, 6.07) is 10.1. The number of benzene rings is 1. The van der Waals surface area contributed by atoms with E-state index in [-0.39, 0.29) is 23.9 Å². The summed E-state index contributed by atoms with van der Waals surface area (Å²) in [5.41, 5.74) is 1.61. The van der Waals surface area contributed by atoms with E-state index in [1.807, 2.05) is 24.3 Å². The molecule has 7 atom stereocenters. The van der Waals surface area contributed by atoms with Gasteiger partial charge >= 0.3 is 146 Å². The van der Waals surface area contributed by atoms with Crippen molar-refractivity contribution < 1.29 is 19.3 Å². The summed E-state index contributed by atoms with van der Waals surface area (Å²) in [5.74, 6) is 0.324. The van der Waals surface area contributed by atoms with Crippen LogP contribution in [0.1, 0.15) is 24.8 Å². The molecule has 1 saturated carbocycles. The van der Waals surface area contributed by atoms with Gasteiger partial charge in [0.2, 0.25) is 0 Å². The van der Waals surface area contributed by atoms with E-state index in [9.17, 15) is 14.6 Å². The zero-order valence-electron chi connectivity index (χ0n) is 14.0. The summed E-state index contributed by atoms with van der Waals surface area (Å²) in [6.45, 7) is 0.994. The van der Waals surface area contributed by atoms with Crippen molar-refractivity contribution in [3.8, 4) is 0 Å². The van der Waals surface area contributed by atoms with Crippen LogP contribution in [0.5, 0.6) is 0 Å². The van der Waals surface area contributed by atoms with Gasteiger partial charge in [0.15, 0.2) is 0 Å². The van der Waals surface area contributed by atoms with E-state index in [1.54, 1.807) is 0 Å². The number of aryl methyl sites for hydroxylation is 1. The summed E-state index contributed by atoms with van der Waals surface area (Å²) in [5, 5.41) is 10.3. The number of allylic oxidation sites excluding steroid dienone is 1. The Morgan fingerprint density at radius 2 is 2.16 bits per heavy atom. The van der Waals surface area contributed by atoms with E-state index in [2.05, 4.69) is 18.2 Å². The van der Waals surface area contributed by atoms with Crippen LogP contribution in [0.4, 0.5) is 0 Å². The molecule has 2 unspecified atom stereocenters. The van der Waals surface area contributed by atoms with Crippen molar-refractivity contribution in [3.63, 3.8) is 0 Å². The van der Waals surface area contributed by atoms with Crippen molar-refractivity contribution in [2.24, 2.45) is 11.8 Å². The Labute approximate surface area is 152 Å². The van der Waals surface area contributed by atoms with Crippen LogP contribution >= 0.6 is 16.4 Å². The minimum atomic E-state index is -0.491. The first-order chi connectivity index (χ1) is 12.2. The third kappa shape index (κ3) is 5.06. The van der Waals surface area contributed by atoms with Crippen LogP contribution in [0.2, 0.25) is 0 Å². The summed E-state index contributed by atoms with van der Waals surface area (Å²) in [4.78, 5) is 11.6. The molecule has 0 amide bonds. The molecule has 1 aromatic carbocycles. The number of aliphatic hydroxyl groups excluding tert-OH is 1. The first-order valence-corrected chi connectivity index (χ1v) is 11.9. The monoisotopic (exact) mass is 376 g/mol. The van der Waals surface area contributed by atoms with Crippen LogP contribution < -0.4 is 0 Å². The number of rotatable bonds is 8. The van der Waals surface area contributed by atoms with Crippen LogP contribution in [0, 0.1) is 11.8 Å². The van der Waals surface area contributed by atoms with Gasteiger partial charge in [-0.3, -0.25) is 0 Å². The van der Waals surface area contributed by atoms with Gasteiger partial charge in [-0.25, -0.2) is 0 Å². The Bertz CT molecular complexity index is 625. The molecule has 1 saturated heterocycles. The number of carbonyl (C=O) groups excluding carboxylic acids is 1. The second-order valence-electron chi connectivity index (χ2n) is 6.70. The number of ether oxygens (including phenoxy) is 1. The third-order valence-corrected chi connectivity index (χ3v) is 8.30. The van der Waals surface area contributed by atoms with Crippen LogP contribution in [0.3, 0.4) is 0 Å². The molecule has 1 heterocycles. The second kappa shape index (κ2) is 9.17. The van der Waals surface area contributed by atoms with Gasteiger partial charge in [-0.05, 0) is 0 Å². The molecular formula is C18H23BO4P2. The SMILES string of the molecule is O=BPP[C@@H]1C[C@@H]2OC(=O)C[C@@H]2[C@H]1/C=C/[C@@H](O)CCc1ccccc1. The summed E-state index contributed by atoms with van der Waals surface area (Å²) in [7, 11) is 0.909. The van der Waals surface area contributed by atoms with Crippen molar-refractivity contribution in [1.82, 2.24) is 0 Å².